The van der Waals surface area contributed by atoms with E-state index in [0.717, 1.165) is 10.4 Å². The van der Waals surface area contributed by atoms with Crippen molar-refractivity contribution in [2.75, 3.05) is 6.54 Å². The monoisotopic (exact) mass is 247 g/mol. The van der Waals surface area contributed by atoms with Crippen molar-refractivity contribution < 1.29 is 5.11 Å². The zero-order valence-corrected chi connectivity index (χ0v) is 10.7. The first-order valence-electron chi connectivity index (χ1n) is 5.70. The third kappa shape index (κ3) is 2.75. The van der Waals surface area contributed by atoms with Crippen molar-refractivity contribution in [2.45, 2.75) is 18.9 Å². The van der Waals surface area contributed by atoms with Crippen LogP contribution in [0, 0.1) is 6.92 Å². The highest BCUT2D eigenvalue weighted by Crippen LogP contribution is 2.32. The molecular weight excluding hydrogens is 230 g/mol. The van der Waals surface area contributed by atoms with E-state index in [9.17, 15) is 5.11 Å². The van der Waals surface area contributed by atoms with Gasteiger partial charge in [-0.1, -0.05) is 35.9 Å². The van der Waals surface area contributed by atoms with Gasteiger partial charge in [-0.2, -0.15) is 0 Å². The van der Waals surface area contributed by atoms with Gasteiger partial charge in [0.15, 0.2) is 0 Å². The Kier molecular flexibility index (Phi) is 3.94. The second-order valence-corrected chi connectivity index (χ2v) is 5.20. The van der Waals surface area contributed by atoms with Crippen molar-refractivity contribution in [3.8, 4) is 0 Å². The smallest absolute Gasteiger partial charge is 0.0962 e. The highest BCUT2D eigenvalue weighted by molar-refractivity contribution is 7.10. The van der Waals surface area contributed by atoms with Crippen molar-refractivity contribution in [3.05, 3.63) is 57.8 Å². The number of aliphatic hydroxyl groups excluding tert-OH is 1. The van der Waals surface area contributed by atoms with Crippen LogP contribution in [0.15, 0.2) is 41.8 Å². The van der Waals surface area contributed by atoms with E-state index in [1.165, 1.54) is 5.56 Å². The maximum Gasteiger partial charge on any atom is 0.0962 e. The highest BCUT2D eigenvalue weighted by Gasteiger charge is 2.22. The molecule has 0 aliphatic carbocycles. The molecule has 0 radical (unpaired) electrons. The third-order valence-corrected chi connectivity index (χ3v) is 3.88. The quantitative estimate of drug-likeness (QED) is 0.872. The molecule has 0 bridgehead atoms. The predicted molar refractivity (Wildman–Crippen MR) is 72.3 cm³/mol. The SMILES string of the molecule is Cc1cccc(C(CN)C(O)c2cccs2)c1. The fraction of sp³-hybridized carbons (Fsp3) is 0.286. The zero-order chi connectivity index (χ0) is 12.3. The minimum atomic E-state index is -0.512. The Labute approximate surface area is 106 Å². The van der Waals surface area contributed by atoms with Crippen LogP contribution in [0.4, 0.5) is 0 Å². The molecule has 1 aromatic heterocycles. The fourth-order valence-electron chi connectivity index (χ4n) is 2.01. The van der Waals surface area contributed by atoms with Gasteiger partial charge in [0.2, 0.25) is 0 Å². The molecule has 0 fully saturated rings. The van der Waals surface area contributed by atoms with Crippen LogP contribution in [0.5, 0.6) is 0 Å². The fourth-order valence-corrected chi connectivity index (χ4v) is 2.78. The number of rotatable bonds is 4. The lowest BCUT2D eigenvalue weighted by Crippen LogP contribution is -2.19. The predicted octanol–water partition coefficient (Wildman–Crippen LogP) is 2.83. The largest absolute Gasteiger partial charge is 0.387 e. The van der Waals surface area contributed by atoms with E-state index < -0.39 is 6.10 Å². The van der Waals surface area contributed by atoms with Gasteiger partial charge in [-0.05, 0) is 23.9 Å². The summed E-state index contributed by atoms with van der Waals surface area (Å²) in [6, 6.07) is 12.1. The Bertz CT molecular complexity index is 467. The summed E-state index contributed by atoms with van der Waals surface area (Å²) < 4.78 is 0. The molecule has 0 saturated carbocycles. The van der Waals surface area contributed by atoms with Gasteiger partial charge >= 0.3 is 0 Å². The van der Waals surface area contributed by atoms with Crippen molar-refractivity contribution in [2.24, 2.45) is 5.73 Å². The van der Waals surface area contributed by atoms with Crippen molar-refractivity contribution >= 4 is 11.3 Å². The maximum atomic E-state index is 10.3. The van der Waals surface area contributed by atoms with Gasteiger partial charge in [0.05, 0.1) is 6.10 Å². The van der Waals surface area contributed by atoms with Crippen molar-refractivity contribution in [1.82, 2.24) is 0 Å². The standard InChI is InChI=1S/C14H17NOS/c1-10-4-2-5-11(8-10)12(9-15)14(16)13-6-3-7-17-13/h2-8,12,14,16H,9,15H2,1H3. The second kappa shape index (κ2) is 5.45. The van der Waals surface area contributed by atoms with Crippen molar-refractivity contribution in [1.29, 1.82) is 0 Å². The Morgan fingerprint density at radius 2 is 2.12 bits per heavy atom. The number of hydrogen-bond donors (Lipinski definition) is 2. The molecule has 1 heterocycles. The minimum Gasteiger partial charge on any atom is -0.387 e. The highest BCUT2D eigenvalue weighted by atomic mass is 32.1. The molecule has 3 N–H and O–H groups in total. The molecule has 0 amide bonds. The number of aryl methyl sites for hydroxylation is 1. The first kappa shape index (κ1) is 12.3. The molecule has 90 valence electrons. The van der Waals surface area contributed by atoms with Gasteiger partial charge in [-0.15, -0.1) is 11.3 Å². The third-order valence-electron chi connectivity index (χ3n) is 2.94. The van der Waals surface area contributed by atoms with Gasteiger partial charge in [0, 0.05) is 17.3 Å². The van der Waals surface area contributed by atoms with Crippen LogP contribution in [0.1, 0.15) is 28.0 Å². The molecule has 2 nitrogen and oxygen atoms in total. The number of hydrogen-bond acceptors (Lipinski definition) is 3. The Morgan fingerprint density at radius 1 is 1.29 bits per heavy atom. The normalized spacial score (nSPS) is 14.5. The van der Waals surface area contributed by atoms with Crippen LogP contribution in [0.2, 0.25) is 0 Å². The van der Waals surface area contributed by atoms with Crippen molar-refractivity contribution in [3.63, 3.8) is 0 Å². The van der Waals surface area contributed by atoms with E-state index in [0.29, 0.717) is 6.54 Å². The summed E-state index contributed by atoms with van der Waals surface area (Å²) in [6.45, 7) is 2.50. The van der Waals surface area contributed by atoms with Crippen LogP contribution in [0.3, 0.4) is 0 Å². The molecule has 1 aromatic carbocycles. The molecule has 0 aliphatic heterocycles. The van der Waals surface area contributed by atoms with Crippen LogP contribution in [-0.4, -0.2) is 11.7 Å². The lowest BCUT2D eigenvalue weighted by atomic mass is 9.91. The van der Waals surface area contributed by atoms with Crippen LogP contribution < -0.4 is 5.73 Å². The molecule has 17 heavy (non-hydrogen) atoms. The van der Waals surface area contributed by atoms with E-state index in [4.69, 9.17) is 5.73 Å². The van der Waals surface area contributed by atoms with E-state index in [-0.39, 0.29) is 5.92 Å². The van der Waals surface area contributed by atoms with Gasteiger partial charge in [-0.25, -0.2) is 0 Å². The second-order valence-electron chi connectivity index (χ2n) is 4.22. The Hall–Kier alpha value is -1.16. The maximum absolute atomic E-state index is 10.3. The minimum absolute atomic E-state index is 0.0338. The molecule has 2 rings (SSSR count). The summed E-state index contributed by atoms with van der Waals surface area (Å²) in [5.74, 6) is -0.0338. The van der Waals surface area contributed by atoms with Gasteiger partial charge < -0.3 is 10.8 Å². The Balaban J connectivity index is 2.27. The summed E-state index contributed by atoms with van der Waals surface area (Å²) in [6.07, 6.45) is -0.512. The molecule has 2 atom stereocenters. The average Bonchev–Trinajstić information content (AvgIpc) is 2.83. The zero-order valence-electron chi connectivity index (χ0n) is 9.84. The average molecular weight is 247 g/mol. The van der Waals surface area contributed by atoms with E-state index in [2.05, 4.69) is 19.1 Å². The van der Waals surface area contributed by atoms with E-state index in [1.807, 2.05) is 29.6 Å². The summed E-state index contributed by atoms with van der Waals surface area (Å²) in [4.78, 5) is 0.974. The van der Waals surface area contributed by atoms with Gasteiger partial charge in [-0.3, -0.25) is 0 Å². The van der Waals surface area contributed by atoms with Crippen LogP contribution >= 0.6 is 11.3 Å². The molecular formula is C14H17NOS. The summed E-state index contributed by atoms with van der Waals surface area (Å²) >= 11 is 1.57. The summed E-state index contributed by atoms with van der Waals surface area (Å²) in [5, 5.41) is 12.3. The first-order chi connectivity index (χ1) is 8.22. The van der Waals surface area contributed by atoms with Gasteiger partial charge in [0.1, 0.15) is 0 Å². The molecule has 3 heteroatoms. The molecule has 0 aliphatic rings. The molecule has 0 spiro atoms. The number of nitrogens with two attached hydrogens (primary N) is 1. The summed E-state index contributed by atoms with van der Waals surface area (Å²) in [7, 11) is 0. The lowest BCUT2D eigenvalue weighted by molar-refractivity contribution is 0.151. The van der Waals surface area contributed by atoms with Gasteiger partial charge in [0.25, 0.3) is 0 Å². The Morgan fingerprint density at radius 3 is 2.71 bits per heavy atom. The molecule has 2 aromatic rings. The first-order valence-corrected chi connectivity index (χ1v) is 6.58. The van der Waals surface area contributed by atoms with E-state index in [1.54, 1.807) is 11.3 Å². The lowest BCUT2D eigenvalue weighted by Gasteiger charge is -2.21. The van der Waals surface area contributed by atoms with Crippen LogP contribution in [-0.2, 0) is 0 Å². The number of benzene rings is 1. The molecule has 0 saturated heterocycles. The molecule has 2 unspecified atom stereocenters. The number of aliphatic hydroxyl groups is 1. The van der Waals surface area contributed by atoms with Crippen LogP contribution in [0.25, 0.3) is 0 Å². The topological polar surface area (TPSA) is 46.2 Å². The van der Waals surface area contributed by atoms with E-state index >= 15 is 0 Å². The number of thiophene rings is 1. The summed E-state index contributed by atoms with van der Waals surface area (Å²) in [5.41, 5.74) is 8.11.